The number of hydrogen-bond acceptors (Lipinski definition) is 6. The van der Waals surface area contributed by atoms with Gasteiger partial charge in [0.15, 0.2) is 17.3 Å². The molecule has 3 aromatic carbocycles. The minimum atomic E-state index is -5.09. The second-order valence-corrected chi connectivity index (χ2v) is 9.02. The summed E-state index contributed by atoms with van der Waals surface area (Å²) in [5.41, 5.74) is -2.26. The molecule has 5 rings (SSSR count). The molecule has 2 N–H and O–H groups in total. The highest BCUT2D eigenvalue weighted by molar-refractivity contribution is 6.08. The van der Waals surface area contributed by atoms with Crippen molar-refractivity contribution >= 4 is 33.5 Å². The molecule has 0 radical (unpaired) electrons. The number of nitrogens with one attached hydrogen (secondary N) is 2. The Bertz CT molecular complexity index is 1770. The first-order chi connectivity index (χ1) is 19.9. The average Bonchev–Trinajstić information content (AvgIpc) is 3.35. The Labute approximate surface area is 233 Å². The second-order valence-electron chi connectivity index (χ2n) is 9.02. The Morgan fingerprint density at radius 3 is 2.14 bits per heavy atom. The maximum atomic E-state index is 13.2. The number of aromatic amines is 1. The van der Waals surface area contributed by atoms with E-state index in [4.69, 9.17) is 14.2 Å². The Morgan fingerprint density at radius 1 is 0.833 bits per heavy atom. The number of carbonyl (C=O) groups is 1. The van der Waals surface area contributed by atoms with Crippen molar-refractivity contribution in [3.8, 4) is 17.2 Å². The van der Waals surface area contributed by atoms with Crippen LogP contribution in [-0.4, -0.2) is 35.3 Å². The Kier molecular flexibility index (Phi) is 7.31. The summed E-state index contributed by atoms with van der Waals surface area (Å²) in [5, 5.41) is 10.00. The Morgan fingerprint density at radius 2 is 1.50 bits per heavy atom. The number of alkyl halides is 6. The maximum Gasteiger partial charge on any atom is 0.416 e. The lowest BCUT2D eigenvalue weighted by Crippen LogP contribution is -2.17. The Hall–Kier alpha value is -5.01. The van der Waals surface area contributed by atoms with E-state index in [1.165, 1.54) is 14.2 Å². The van der Waals surface area contributed by atoms with Crippen molar-refractivity contribution in [1.29, 1.82) is 0 Å². The van der Waals surface area contributed by atoms with Crippen molar-refractivity contribution in [2.24, 2.45) is 0 Å². The van der Waals surface area contributed by atoms with Crippen LogP contribution in [0.3, 0.4) is 0 Å². The number of benzene rings is 3. The molecule has 2 aromatic heterocycles. The molecule has 0 aliphatic carbocycles. The molecule has 0 fully saturated rings. The van der Waals surface area contributed by atoms with Crippen LogP contribution in [0.4, 0.5) is 32.2 Å². The molecule has 1 amide bonds. The van der Waals surface area contributed by atoms with Gasteiger partial charge in [0.1, 0.15) is 12.4 Å². The number of nitrogens with zero attached hydrogens (tertiary/aromatic N) is 2. The van der Waals surface area contributed by atoms with Gasteiger partial charge in [0.2, 0.25) is 0 Å². The molecule has 0 spiro atoms. The van der Waals surface area contributed by atoms with Gasteiger partial charge >= 0.3 is 12.4 Å². The molecular weight excluding hydrogens is 570 g/mol. The monoisotopic (exact) mass is 590 g/mol. The van der Waals surface area contributed by atoms with Gasteiger partial charge in [-0.05, 0) is 48.0 Å². The van der Waals surface area contributed by atoms with Crippen LogP contribution in [0.5, 0.6) is 17.2 Å². The van der Waals surface area contributed by atoms with E-state index in [2.05, 4.69) is 20.5 Å². The van der Waals surface area contributed by atoms with Crippen molar-refractivity contribution < 1.29 is 45.3 Å². The smallest absolute Gasteiger partial charge is 0.416 e. The van der Waals surface area contributed by atoms with E-state index in [-0.39, 0.29) is 18.5 Å². The molecule has 0 unspecified atom stereocenters. The summed E-state index contributed by atoms with van der Waals surface area (Å²) in [7, 11) is 3.03. The highest BCUT2D eigenvalue weighted by Gasteiger charge is 2.37. The molecule has 5 aromatic rings. The first-order valence-corrected chi connectivity index (χ1v) is 12.1. The number of hydrogen-bond donors (Lipinski definition) is 2. The summed E-state index contributed by atoms with van der Waals surface area (Å²) in [4.78, 5) is 17.0. The van der Waals surface area contributed by atoms with E-state index in [9.17, 15) is 31.1 Å². The second kappa shape index (κ2) is 10.8. The largest absolute Gasteiger partial charge is 0.493 e. The van der Waals surface area contributed by atoms with E-state index in [1.807, 2.05) is 0 Å². The van der Waals surface area contributed by atoms with Crippen molar-refractivity contribution in [3.05, 3.63) is 83.0 Å². The number of amides is 1. The van der Waals surface area contributed by atoms with Crippen molar-refractivity contribution in [1.82, 2.24) is 15.2 Å². The lowest BCUT2D eigenvalue weighted by molar-refractivity contribution is -0.143. The lowest BCUT2D eigenvalue weighted by Gasteiger charge is -2.14. The summed E-state index contributed by atoms with van der Waals surface area (Å²) in [5.74, 6) is 0.267. The zero-order valence-corrected chi connectivity index (χ0v) is 21.8. The highest BCUT2D eigenvalue weighted by atomic mass is 19.4. The summed E-state index contributed by atoms with van der Waals surface area (Å²) >= 11 is 0. The fourth-order valence-electron chi connectivity index (χ4n) is 4.25. The molecule has 218 valence electrons. The van der Waals surface area contributed by atoms with Crippen LogP contribution in [0.2, 0.25) is 0 Å². The number of pyridine rings is 1. The number of anilines is 1. The van der Waals surface area contributed by atoms with Gasteiger partial charge in [-0.1, -0.05) is 6.07 Å². The maximum absolute atomic E-state index is 13.2. The van der Waals surface area contributed by atoms with Crippen LogP contribution in [0.15, 0.2) is 60.8 Å². The van der Waals surface area contributed by atoms with Gasteiger partial charge < -0.3 is 19.5 Å². The number of methoxy groups -OCH3 is 2. The number of ether oxygens (including phenoxy) is 3. The number of rotatable bonds is 7. The number of halogens is 6. The molecule has 0 aliphatic rings. The van der Waals surface area contributed by atoms with Crippen LogP contribution in [-0.2, 0) is 19.0 Å². The van der Waals surface area contributed by atoms with Crippen molar-refractivity contribution in [3.63, 3.8) is 0 Å². The van der Waals surface area contributed by atoms with Gasteiger partial charge in [0.05, 0.1) is 36.4 Å². The predicted molar refractivity (Wildman–Crippen MR) is 140 cm³/mol. The van der Waals surface area contributed by atoms with Crippen LogP contribution < -0.4 is 19.5 Å². The fourth-order valence-corrected chi connectivity index (χ4v) is 4.25. The minimum Gasteiger partial charge on any atom is -0.493 e. The number of fused-ring (bicyclic) bond motifs is 2. The molecule has 8 nitrogen and oxygen atoms in total. The molecule has 2 heterocycles. The number of carbonyl (C=O) groups excluding carboxylic acids is 1. The normalized spacial score (nSPS) is 12.0. The van der Waals surface area contributed by atoms with Gasteiger partial charge in [0, 0.05) is 28.6 Å². The van der Waals surface area contributed by atoms with Crippen LogP contribution in [0, 0.1) is 0 Å². The van der Waals surface area contributed by atoms with Crippen LogP contribution >= 0.6 is 0 Å². The van der Waals surface area contributed by atoms with E-state index in [1.54, 1.807) is 42.6 Å². The van der Waals surface area contributed by atoms with E-state index in [0.717, 1.165) is 0 Å². The molecule has 0 saturated heterocycles. The third-order valence-corrected chi connectivity index (χ3v) is 6.31. The molecule has 0 aliphatic heterocycles. The fraction of sp³-hybridized carbons (Fsp3) is 0.179. The predicted octanol–water partition coefficient (Wildman–Crippen LogP) is 7.00. The standard InChI is InChI=1S/C28H20F6N4O4/c1-40-23-11-19-20(12-24(23)41-2)35-6-5-22(19)42-13-14-3-4-18-21(7-14)37-38-25(18)36-26(39)15-8-16(27(29,30)31)10-17(9-15)28(32,33)34/h3-12H,13H2,1-2H3,(H2,36,37,38,39). The van der Waals surface area contributed by atoms with Crippen LogP contribution in [0.1, 0.15) is 27.0 Å². The first kappa shape index (κ1) is 28.5. The van der Waals surface area contributed by atoms with Crippen molar-refractivity contribution in [2.45, 2.75) is 19.0 Å². The van der Waals surface area contributed by atoms with E-state index < -0.39 is 35.0 Å². The SMILES string of the molecule is COc1cc2nccc(OCc3ccc4c(NC(=O)c5cc(C(F)(F)F)cc(C(F)(F)F)c5)n[nH]c4c3)c2cc1OC. The lowest BCUT2D eigenvalue weighted by atomic mass is 10.0. The summed E-state index contributed by atoms with van der Waals surface area (Å²) in [6.07, 6.45) is -8.59. The van der Waals surface area contributed by atoms with E-state index in [0.29, 0.717) is 56.8 Å². The third kappa shape index (κ3) is 5.73. The third-order valence-electron chi connectivity index (χ3n) is 6.31. The topological polar surface area (TPSA) is 98.4 Å². The summed E-state index contributed by atoms with van der Waals surface area (Å²) in [6, 6.07) is 10.7. The molecule has 42 heavy (non-hydrogen) atoms. The molecule has 14 heteroatoms. The van der Waals surface area contributed by atoms with Gasteiger partial charge in [0.25, 0.3) is 5.91 Å². The molecule has 0 atom stereocenters. The zero-order chi connectivity index (χ0) is 30.2. The quantitative estimate of drug-likeness (QED) is 0.198. The van der Waals surface area contributed by atoms with E-state index >= 15 is 0 Å². The van der Waals surface area contributed by atoms with Gasteiger partial charge in [-0.3, -0.25) is 14.9 Å². The van der Waals surface area contributed by atoms with Crippen molar-refractivity contribution in [2.75, 3.05) is 19.5 Å². The summed E-state index contributed by atoms with van der Waals surface area (Å²) < 4.78 is 95.9. The van der Waals surface area contributed by atoms with Crippen LogP contribution in [0.25, 0.3) is 21.8 Å². The highest BCUT2D eigenvalue weighted by Crippen LogP contribution is 2.37. The number of H-pyrrole nitrogens is 1. The molecular formula is C28H20F6N4O4. The first-order valence-electron chi connectivity index (χ1n) is 12.1. The van der Waals surface area contributed by atoms with Gasteiger partial charge in [-0.15, -0.1) is 0 Å². The number of aromatic nitrogens is 3. The summed E-state index contributed by atoms with van der Waals surface area (Å²) in [6.45, 7) is 0.120. The zero-order valence-electron chi connectivity index (χ0n) is 21.8. The Balaban J connectivity index is 1.36. The van der Waals surface area contributed by atoms with Gasteiger partial charge in [-0.25, -0.2) is 0 Å². The molecule has 0 bridgehead atoms. The van der Waals surface area contributed by atoms with Gasteiger partial charge in [-0.2, -0.15) is 31.4 Å². The minimum absolute atomic E-state index is 0.0492. The average molecular weight is 590 g/mol. The molecule has 0 saturated carbocycles.